The number of halogens is 1. The van der Waals surface area contributed by atoms with E-state index in [0.717, 1.165) is 5.56 Å². The first-order valence-electron chi connectivity index (χ1n) is 9.04. The predicted octanol–water partition coefficient (Wildman–Crippen LogP) is -6.21. The Balaban J connectivity index is 0.000000523. The van der Waals surface area contributed by atoms with E-state index in [1.165, 1.54) is 22.0 Å². The van der Waals surface area contributed by atoms with Gasteiger partial charge in [0.05, 0.1) is 6.61 Å². The molecule has 14 nitrogen and oxygen atoms in total. The van der Waals surface area contributed by atoms with Crippen molar-refractivity contribution >= 4 is 17.0 Å². The number of nitrogen functional groups attached to an aromatic ring is 1. The van der Waals surface area contributed by atoms with Gasteiger partial charge in [0.25, 0.3) is 12.1 Å². The number of fused-ring (bicyclic) bond motifs is 1. The van der Waals surface area contributed by atoms with Crippen molar-refractivity contribution in [2.45, 2.75) is 31.1 Å². The Hall–Kier alpha value is -2.66. The molecule has 1 saturated heterocycles. The lowest BCUT2D eigenvalue weighted by atomic mass is 10.1. The Morgan fingerprint density at radius 2 is 1.78 bits per heavy atom. The van der Waals surface area contributed by atoms with Crippen molar-refractivity contribution in [1.29, 1.82) is 0 Å². The van der Waals surface area contributed by atoms with E-state index in [9.17, 15) is 15.3 Å². The van der Waals surface area contributed by atoms with Crippen LogP contribution in [0.5, 0.6) is 0 Å². The Kier molecular flexibility index (Phi) is 7.40. The summed E-state index contributed by atoms with van der Waals surface area (Å²) < 4.78 is 42.3. The van der Waals surface area contributed by atoms with E-state index < -0.39 is 41.4 Å². The number of hydrogen-bond donors (Lipinski definition) is 4. The molecule has 0 radical (unpaired) electrons. The van der Waals surface area contributed by atoms with Gasteiger partial charge in [-0.3, -0.25) is 4.57 Å². The van der Waals surface area contributed by atoms with Crippen LogP contribution in [0.2, 0.25) is 0 Å². The van der Waals surface area contributed by atoms with Gasteiger partial charge >= 0.3 is 0 Å². The molecule has 15 heteroatoms. The number of anilines is 1. The van der Waals surface area contributed by atoms with Crippen LogP contribution in [0.1, 0.15) is 11.8 Å². The number of aliphatic hydroxyl groups excluding tert-OH is 3. The molecule has 32 heavy (non-hydrogen) atoms. The summed E-state index contributed by atoms with van der Waals surface area (Å²) in [5.74, 6) is 0.237. The van der Waals surface area contributed by atoms with Gasteiger partial charge in [-0.2, -0.15) is 0 Å². The highest BCUT2D eigenvalue weighted by molar-refractivity contribution is 5.79. The molecule has 1 aromatic carbocycles. The van der Waals surface area contributed by atoms with E-state index in [2.05, 4.69) is 9.97 Å². The number of nitrogens with zero attached hydrogens (tertiary/aromatic N) is 4. The van der Waals surface area contributed by atoms with Crippen LogP contribution >= 0.6 is 0 Å². The number of benzene rings is 1. The lowest BCUT2D eigenvalue weighted by molar-refractivity contribution is -2.00. The zero-order valence-electron chi connectivity index (χ0n) is 16.3. The first-order chi connectivity index (χ1) is 15.1. The van der Waals surface area contributed by atoms with Crippen molar-refractivity contribution in [2.24, 2.45) is 0 Å². The molecule has 0 unspecified atom stereocenters. The van der Waals surface area contributed by atoms with Crippen LogP contribution in [0.3, 0.4) is 0 Å². The molecular weight excluding hydrogens is 454 g/mol. The van der Waals surface area contributed by atoms with Gasteiger partial charge in [0.2, 0.25) is 11.2 Å². The molecule has 1 fully saturated rings. The smallest absolute Gasteiger partial charge is 0.289 e. The van der Waals surface area contributed by atoms with Crippen LogP contribution in [0.4, 0.5) is 5.82 Å². The standard InChI is InChI=1S/C17H19N5O5.ClHO4/c18-15-12-16(20-9-22(15)26-7-10-4-2-1-3-5-10)21(8-19-12)17-14(25)13(24)11(6-23)27-17;2-1(3,4)5/h1-5,8-9,11,13-14,17-18,23-25H,6-7H2;(H,2,3,4,5)/t11-,13-,14-,17-;/m1./s1. The fraction of sp³-hybridized carbons (Fsp3) is 0.353. The summed E-state index contributed by atoms with van der Waals surface area (Å²) in [6, 6.07) is 9.61. The summed E-state index contributed by atoms with van der Waals surface area (Å²) in [5.41, 5.74) is 7.84. The van der Waals surface area contributed by atoms with Crippen molar-refractivity contribution in [3.05, 3.63) is 48.5 Å². The van der Waals surface area contributed by atoms with E-state index in [-0.39, 0.29) is 5.82 Å². The summed E-state index contributed by atoms with van der Waals surface area (Å²) in [6.07, 6.45) is -1.45. The zero-order valence-corrected chi connectivity index (χ0v) is 17.1. The summed E-state index contributed by atoms with van der Waals surface area (Å²) >= 11 is 0. The Bertz CT molecular complexity index is 1030. The van der Waals surface area contributed by atoms with E-state index in [1.54, 1.807) is 0 Å². The van der Waals surface area contributed by atoms with Gasteiger partial charge < -0.3 is 30.6 Å². The Morgan fingerprint density at radius 3 is 2.38 bits per heavy atom. The monoisotopic (exact) mass is 473 g/mol. The van der Waals surface area contributed by atoms with Crippen LogP contribution < -0.4 is 33.9 Å². The molecule has 1 aliphatic heterocycles. The van der Waals surface area contributed by atoms with Crippen LogP contribution in [0.15, 0.2) is 43.0 Å². The second-order valence-electron chi connectivity index (χ2n) is 6.65. The van der Waals surface area contributed by atoms with Crippen molar-refractivity contribution in [1.82, 2.24) is 14.5 Å². The van der Waals surface area contributed by atoms with Crippen LogP contribution in [-0.2, 0) is 11.3 Å². The molecule has 1 aliphatic rings. The summed E-state index contributed by atoms with van der Waals surface area (Å²) in [7, 11) is -4.94. The second kappa shape index (κ2) is 9.86. The summed E-state index contributed by atoms with van der Waals surface area (Å²) in [5, 5.41) is 29.4. The van der Waals surface area contributed by atoms with Gasteiger partial charge in [-0.15, -0.1) is 10.2 Å². The normalized spacial score (nSPS) is 23.1. The van der Waals surface area contributed by atoms with Crippen molar-refractivity contribution in [2.75, 3.05) is 12.3 Å². The van der Waals surface area contributed by atoms with Gasteiger partial charge in [0, 0.05) is 0 Å². The van der Waals surface area contributed by atoms with E-state index in [1.807, 2.05) is 30.3 Å². The quantitative estimate of drug-likeness (QED) is 0.253. The highest BCUT2D eigenvalue weighted by Crippen LogP contribution is 2.31. The summed E-state index contributed by atoms with van der Waals surface area (Å²) in [4.78, 5) is 14.2. The number of ether oxygens (including phenoxy) is 1. The van der Waals surface area contributed by atoms with E-state index >= 15 is 0 Å². The largest absolute Gasteiger partial charge is 0.394 e. The zero-order chi connectivity index (χ0) is 23.5. The molecule has 4 rings (SSSR count). The number of nitrogens with two attached hydrogens (primary N) is 1. The highest BCUT2D eigenvalue weighted by Gasteiger charge is 2.44. The molecule has 2 aromatic heterocycles. The maximum absolute atomic E-state index is 10.2. The number of aromatic nitrogens is 4. The van der Waals surface area contributed by atoms with Gasteiger partial charge in [-0.1, -0.05) is 40.0 Å². The van der Waals surface area contributed by atoms with Gasteiger partial charge in [0.15, 0.2) is 12.8 Å². The molecule has 0 aliphatic carbocycles. The molecule has 5 N–H and O–H groups in total. The number of imidazole rings is 1. The SMILES string of the molecule is Nc1c2ncn([C@@H]3O[C@H](CO)[C@@H](O)[C@H]3O)c2nc[n+]1OCc1ccccc1.[O-][Cl+3]([O-])([O-])[O-]. The fourth-order valence-electron chi connectivity index (χ4n) is 3.05. The van der Waals surface area contributed by atoms with Crippen molar-refractivity contribution in [3.63, 3.8) is 0 Å². The molecule has 0 bridgehead atoms. The van der Waals surface area contributed by atoms with E-state index in [4.69, 9.17) is 33.9 Å². The van der Waals surface area contributed by atoms with Crippen LogP contribution in [-0.4, -0.2) is 54.8 Å². The average Bonchev–Trinajstić information content (AvgIpc) is 3.29. The molecule has 0 amide bonds. The number of aliphatic hydroxyl groups is 3. The minimum atomic E-state index is -4.94. The van der Waals surface area contributed by atoms with Gasteiger partial charge in [0.1, 0.15) is 24.6 Å². The lowest BCUT2D eigenvalue weighted by Gasteiger charge is -2.17. The molecular formula is C17H20ClN5O9. The first-order valence-corrected chi connectivity index (χ1v) is 10.3. The fourth-order valence-corrected chi connectivity index (χ4v) is 3.05. The maximum Gasteiger partial charge on any atom is 0.289 e. The average molecular weight is 474 g/mol. The topological polar surface area (TPSA) is 232 Å². The third-order valence-corrected chi connectivity index (χ3v) is 4.54. The third-order valence-electron chi connectivity index (χ3n) is 4.54. The predicted molar refractivity (Wildman–Crippen MR) is 91.9 cm³/mol. The molecule has 3 heterocycles. The molecule has 0 spiro atoms. The minimum absolute atomic E-state index is 0.237. The lowest BCUT2D eigenvalue weighted by Crippen LogP contribution is -2.68. The maximum atomic E-state index is 10.2. The summed E-state index contributed by atoms with van der Waals surface area (Å²) in [6.45, 7) is -0.108. The van der Waals surface area contributed by atoms with Crippen LogP contribution in [0.25, 0.3) is 11.2 Å². The Morgan fingerprint density at radius 1 is 1.12 bits per heavy atom. The second-order valence-corrected chi connectivity index (χ2v) is 7.40. The minimum Gasteiger partial charge on any atom is -0.394 e. The van der Waals surface area contributed by atoms with E-state index in [0.29, 0.717) is 17.8 Å². The Labute approximate surface area is 182 Å². The number of rotatable bonds is 5. The van der Waals surface area contributed by atoms with Gasteiger partial charge in [-0.25, -0.2) is 23.6 Å². The van der Waals surface area contributed by atoms with Gasteiger partial charge in [-0.05, 0) is 5.56 Å². The van der Waals surface area contributed by atoms with Crippen molar-refractivity contribution in [3.8, 4) is 0 Å². The molecule has 174 valence electrons. The van der Waals surface area contributed by atoms with Crippen molar-refractivity contribution < 1.29 is 58.5 Å². The molecule has 0 saturated carbocycles. The third kappa shape index (κ3) is 5.57. The molecule has 3 aromatic rings. The van der Waals surface area contributed by atoms with Crippen LogP contribution in [0, 0.1) is 10.2 Å². The highest BCUT2D eigenvalue weighted by atomic mass is 35.7. The number of hydrogen-bond acceptors (Lipinski definition) is 12. The first kappa shape index (κ1) is 24.0. The molecule has 4 atom stereocenters.